The first-order valence-corrected chi connectivity index (χ1v) is 10.1. The van der Waals surface area contributed by atoms with Crippen LogP contribution >= 0.6 is 0 Å². The fourth-order valence-corrected chi connectivity index (χ4v) is 3.32. The molecule has 10 heteroatoms. The summed E-state index contributed by atoms with van der Waals surface area (Å²) < 4.78 is 0. The topological polar surface area (TPSA) is 141 Å². The lowest BCUT2D eigenvalue weighted by Gasteiger charge is -2.34. The average Bonchev–Trinajstić information content (AvgIpc) is 2.84. The number of carbonyl (C=O) groups excluding carboxylic acids is 2. The van der Waals surface area contributed by atoms with Crippen LogP contribution in [0.2, 0.25) is 0 Å². The lowest BCUT2D eigenvalue weighted by Crippen LogP contribution is -2.51. The second kappa shape index (κ2) is 10.8. The largest absolute Gasteiger partial charge is 0.473 e. The second-order valence-corrected chi connectivity index (χ2v) is 7.24. The molecular weight excluding hydrogens is 428 g/mol. The molecule has 0 bridgehead atoms. The fourth-order valence-electron chi connectivity index (χ4n) is 3.32. The van der Waals surface area contributed by atoms with E-state index in [2.05, 4.69) is 9.97 Å². The van der Waals surface area contributed by atoms with Gasteiger partial charge < -0.3 is 20.0 Å². The summed E-state index contributed by atoms with van der Waals surface area (Å²) in [4.78, 5) is 55.4. The van der Waals surface area contributed by atoms with Crippen molar-refractivity contribution < 1.29 is 29.4 Å². The van der Waals surface area contributed by atoms with Crippen LogP contribution < -0.4 is 0 Å². The van der Waals surface area contributed by atoms with Crippen LogP contribution in [-0.4, -0.2) is 79.9 Å². The molecule has 1 aliphatic heterocycles. The third-order valence-electron chi connectivity index (χ3n) is 5.02. The van der Waals surface area contributed by atoms with Gasteiger partial charge in [-0.25, -0.2) is 9.59 Å². The molecule has 0 unspecified atom stereocenters. The van der Waals surface area contributed by atoms with E-state index >= 15 is 0 Å². The number of hydrogen-bond donors (Lipinski definition) is 2. The van der Waals surface area contributed by atoms with Gasteiger partial charge in [0.05, 0.1) is 17.5 Å². The standard InChI is InChI=1S/C21H20N4O2.C2H2O4/c26-20(12-16-4-3-7-22-14-16)24-8-10-25(11-9-24)21(27)18-13-17-5-1-2-6-19(17)23-15-18;3-1(4)2(5)6/h1-7,13-15H,8-12H2;(H,3,4)(H,5,6). The number of benzene rings is 1. The maximum Gasteiger partial charge on any atom is 0.414 e. The van der Waals surface area contributed by atoms with E-state index in [1.807, 2.05) is 47.4 Å². The lowest BCUT2D eigenvalue weighted by molar-refractivity contribution is -0.159. The molecule has 4 rings (SSSR count). The van der Waals surface area contributed by atoms with Gasteiger partial charge in [0.15, 0.2) is 0 Å². The first-order valence-electron chi connectivity index (χ1n) is 10.1. The minimum Gasteiger partial charge on any atom is -0.473 e. The Hall–Kier alpha value is -4.34. The van der Waals surface area contributed by atoms with Crippen LogP contribution in [0.15, 0.2) is 61.1 Å². The van der Waals surface area contributed by atoms with Crippen molar-refractivity contribution in [1.29, 1.82) is 0 Å². The number of aromatic nitrogens is 2. The maximum absolute atomic E-state index is 12.8. The van der Waals surface area contributed by atoms with Crippen molar-refractivity contribution in [2.45, 2.75) is 6.42 Å². The summed E-state index contributed by atoms with van der Waals surface area (Å²) in [6.07, 6.45) is 5.38. The zero-order valence-electron chi connectivity index (χ0n) is 17.6. The van der Waals surface area contributed by atoms with Gasteiger partial charge in [0.1, 0.15) is 0 Å². The van der Waals surface area contributed by atoms with Crippen LogP contribution in [0.1, 0.15) is 15.9 Å². The number of hydrogen-bond acceptors (Lipinski definition) is 6. The fraction of sp³-hybridized carbons (Fsp3) is 0.217. The van der Waals surface area contributed by atoms with Gasteiger partial charge in [-0.2, -0.15) is 0 Å². The maximum atomic E-state index is 12.8. The SMILES string of the molecule is O=C(Cc1cccnc1)N1CCN(C(=O)c2cnc3ccccc3c2)CC1.O=C(O)C(=O)O. The Labute approximate surface area is 189 Å². The third kappa shape index (κ3) is 6.33. The number of carboxylic acids is 2. The molecule has 2 amide bonds. The Morgan fingerprint density at radius 2 is 1.52 bits per heavy atom. The van der Waals surface area contributed by atoms with Gasteiger partial charge in [0, 0.05) is 50.2 Å². The van der Waals surface area contributed by atoms with Gasteiger partial charge in [0.2, 0.25) is 5.91 Å². The predicted octanol–water partition coefficient (Wildman–Crippen LogP) is 1.31. The zero-order chi connectivity index (χ0) is 23.8. The molecule has 1 aromatic carbocycles. The van der Waals surface area contributed by atoms with Crippen molar-refractivity contribution in [2.75, 3.05) is 26.2 Å². The number of pyridine rings is 2. The molecule has 33 heavy (non-hydrogen) atoms. The molecule has 1 fully saturated rings. The summed E-state index contributed by atoms with van der Waals surface area (Å²) in [5.41, 5.74) is 2.37. The number of fused-ring (bicyclic) bond motifs is 1. The summed E-state index contributed by atoms with van der Waals surface area (Å²) in [5.74, 6) is -3.61. The normalized spacial score (nSPS) is 13.1. The van der Waals surface area contributed by atoms with E-state index in [1.54, 1.807) is 23.5 Å². The summed E-state index contributed by atoms with van der Waals surface area (Å²) in [6.45, 7) is 2.16. The number of piperazine rings is 1. The monoisotopic (exact) mass is 450 g/mol. The summed E-state index contributed by atoms with van der Waals surface area (Å²) in [6, 6.07) is 13.4. The molecule has 0 radical (unpaired) electrons. The Morgan fingerprint density at radius 3 is 2.15 bits per heavy atom. The summed E-state index contributed by atoms with van der Waals surface area (Å²) in [5, 5.41) is 15.7. The molecule has 0 saturated carbocycles. The van der Waals surface area contributed by atoms with Crippen molar-refractivity contribution in [1.82, 2.24) is 19.8 Å². The van der Waals surface area contributed by atoms with Gasteiger partial charge in [-0.05, 0) is 23.8 Å². The highest BCUT2D eigenvalue weighted by molar-refractivity contribution is 6.27. The van der Waals surface area contributed by atoms with Gasteiger partial charge in [-0.1, -0.05) is 24.3 Å². The molecule has 1 saturated heterocycles. The highest BCUT2D eigenvalue weighted by atomic mass is 16.4. The lowest BCUT2D eigenvalue weighted by atomic mass is 10.1. The van der Waals surface area contributed by atoms with Crippen molar-refractivity contribution in [2.24, 2.45) is 0 Å². The van der Waals surface area contributed by atoms with E-state index in [4.69, 9.17) is 19.8 Å². The van der Waals surface area contributed by atoms with Crippen LogP contribution in [0.3, 0.4) is 0 Å². The van der Waals surface area contributed by atoms with Crippen molar-refractivity contribution in [3.63, 3.8) is 0 Å². The molecule has 1 aliphatic rings. The first-order chi connectivity index (χ1) is 15.8. The molecule has 2 aromatic heterocycles. The van der Waals surface area contributed by atoms with Gasteiger partial charge in [-0.3, -0.25) is 19.6 Å². The van der Waals surface area contributed by atoms with Crippen LogP contribution in [0.5, 0.6) is 0 Å². The molecular formula is C23H22N4O6. The second-order valence-electron chi connectivity index (χ2n) is 7.24. The van der Waals surface area contributed by atoms with Crippen molar-refractivity contribution in [3.8, 4) is 0 Å². The number of carboxylic acid groups (broad SMARTS) is 2. The predicted molar refractivity (Wildman–Crippen MR) is 117 cm³/mol. The Balaban J connectivity index is 0.000000454. The highest BCUT2D eigenvalue weighted by Crippen LogP contribution is 2.15. The van der Waals surface area contributed by atoms with E-state index in [9.17, 15) is 9.59 Å². The summed E-state index contributed by atoms with van der Waals surface area (Å²) in [7, 11) is 0. The van der Waals surface area contributed by atoms with E-state index < -0.39 is 11.9 Å². The average molecular weight is 450 g/mol. The van der Waals surface area contributed by atoms with E-state index in [0.29, 0.717) is 38.2 Å². The van der Waals surface area contributed by atoms with E-state index in [-0.39, 0.29) is 11.8 Å². The van der Waals surface area contributed by atoms with Crippen molar-refractivity contribution >= 4 is 34.7 Å². The molecule has 0 spiro atoms. The van der Waals surface area contributed by atoms with Crippen molar-refractivity contribution in [3.05, 3.63) is 72.2 Å². The highest BCUT2D eigenvalue weighted by Gasteiger charge is 2.25. The van der Waals surface area contributed by atoms with Crippen LogP contribution in [0.25, 0.3) is 10.9 Å². The minimum atomic E-state index is -1.82. The molecule has 3 heterocycles. The van der Waals surface area contributed by atoms with Gasteiger partial charge >= 0.3 is 11.9 Å². The molecule has 3 aromatic rings. The van der Waals surface area contributed by atoms with Gasteiger partial charge in [0.25, 0.3) is 5.91 Å². The number of para-hydroxylation sites is 1. The zero-order valence-corrected chi connectivity index (χ0v) is 17.6. The minimum absolute atomic E-state index is 0.0346. The number of amides is 2. The van der Waals surface area contributed by atoms with E-state index in [1.165, 1.54) is 0 Å². The number of rotatable bonds is 3. The smallest absolute Gasteiger partial charge is 0.414 e. The quantitative estimate of drug-likeness (QED) is 0.569. The molecule has 0 atom stereocenters. The Morgan fingerprint density at radius 1 is 0.848 bits per heavy atom. The molecule has 2 N–H and O–H groups in total. The summed E-state index contributed by atoms with van der Waals surface area (Å²) >= 11 is 0. The van der Waals surface area contributed by atoms with Gasteiger partial charge in [-0.15, -0.1) is 0 Å². The Kier molecular flexibility index (Phi) is 7.64. The van der Waals surface area contributed by atoms with Crippen LogP contribution in [0, 0.1) is 0 Å². The van der Waals surface area contributed by atoms with Crippen LogP contribution in [0.4, 0.5) is 0 Å². The van der Waals surface area contributed by atoms with Crippen LogP contribution in [-0.2, 0) is 20.8 Å². The Bertz CT molecular complexity index is 1150. The number of aliphatic carboxylic acids is 2. The third-order valence-corrected chi connectivity index (χ3v) is 5.02. The molecule has 0 aliphatic carbocycles. The van der Waals surface area contributed by atoms with E-state index in [0.717, 1.165) is 16.5 Å². The molecule has 10 nitrogen and oxygen atoms in total. The molecule has 170 valence electrons. The number of nitrogens with zero attached hydrogens (tertiary/aromatic N) is 4. The number of carbonyl (C=O) groups is 4. The first kappa shape index (κ1) is 23.3.